The second-order valence-electron chi connectivity index (χ2n) is 3.16. The number of halogens is 1. The summed E-state index contributed by atoms with van der Waals surface area (Å²) in [6, 6.07) is 4.69. The van der Waals surface area contributed by atoms with Gasteiger partial charge in [0, 0.05) is 6.20 Å². The van der Waals surface area contributed by atoms with Crippen LogP contribution in [0.4, 0.5) is 4.39 Å². The van der Waals surface area contributed by atoms with E-state index in [0.717, 1.165) is 12.0 Å². The van der Waals surface area contributed by atoms with E-state index in [-0.39, 0.29) is 10.9 Å². The molecule has 0 unspecified atom stereocenters. The lowest BCUT2D eigenvalue weighted by Gasteiger charge is -2.03. The molecule has 0 aliphatic heterocycles. The minimum Gasteiger partial charge on any atom is -0.328 e. The van der Waals surface area contributed by atoms with Crippen molar-refractivity contribution < 1.29 is 4.39 Å². The molecule has 0 fully saturated rings. The van der Waals surface area contributed by atoms with Crippen LogP contribution in [0.5, 0.6) is 0 Å². The van der Waals surface area contributed by atoms with E-state index < -0.39 is 5.82 Å². The number of aryl methyl sites for hydroxylation is 1. The predicted octanol–water partition coefficient (Wildman–Crippen LogP) is 2.23. The van der Waals surface area contributed by atoms with Crippen molar-refractivity contribution >= 4 is 10.8 Å². The van der Waals surface area contributed by atoms with Crippen molar-refractivity contribution in [3.8, 4) is 0 Å². The van der Waals surface area contributed by atoms with Crippen LogP contribution in [0.2, 0.25) is 0 Å². The Morgan fingerprint density at radius 1 is 1.43 bits per heavy atom. The van der Waals surface area contributed by atoms with E-state index in [9.17, 15) is 9.18 Å². The molecule has 0 spiro atoms. The van der Waals surface area contributed by atoms with Gasteiger partial charge >= 0.3 is 0 Å². The number of rotatable bonds is 1. The second-order valence-corrected chi connectivity index (χ2v) is 3.16. The molecule has 2 rings (SSSR count). The van der Waals surface area contributed by atoms with Gasteiger partial charge in [-0.2, -0.15) is 0 Å². The monoisotopic (exact) mass is 191 g/mol. The van der Waals surface area contributed by atoms with Crippen molar-refractivity contribution in [2.45, 2.75) is 13.3 Å². The lowest BCUT2D eigenvalue weighted by atomic mass is 10.1. The normalized spacial score (nSPS) is 10.7. The van der Waals surface area contributed by atoms with Crippen LogP contribution in [0.1, 0.15) is 12.5 Å². The van der Waals surface area contributed by atoms with E-state index >= 15 is 0 Å². The van der Waals surface area contributed by atoms with Crippen molar-refractivity contribution in [2.75, 3.05) is 0 Å². The molecule has 0 bridgehead atoms. The first-order valence-corrected chi connectivity index (χ1v) is 4.53. The molecule has 0 radical (unpaired) electrons. The highest BCUT2D eigenvalue weighted by Crippen LogP contribution is 2.17. The molecule has 1 aromatic carbocycles. The Balaban J connectivity index is 2.99. The molecule has 1 heterocycles. The number of hydrogen-bond donors (Lipinski definition) is 1. The highest BCUT2D eigenvalue weighted by Gasteiger charge is 2.06. The van der Waals surface area contributed by atoms with Gasteiger partial charge in [-0.05, 0) is 23.4 Å². The Kier molecular flexibility index (Phi) is 2.08. The predicted molar refractivity (Wildman–Crippen MR) is 53.9 cm³/mol. The van der Waals surface area contributed by atoms with Crippen molar-refractivity contribution in [3.63, 3.8) is 0 Å². The molecular weight excluding hydrogens is 181 g/mol. The average Bonchev–Trinajstić information content (AvgIpc) is 2.18. The lowest BCUT2D eigenvalue weighted by Crippen LogP contribution is -2.08. The molecule has 1 N–H and O–H groups in total. The highest BCUT2D eigenvalue weighted by atomic mass is 19.1. The van der Waals surface area contributed by atoms with Gasteiger partial charge in [0.15, 0.2) is 0 Å². The first kappa shape index (κ1) is 8.94. The molecule has 72 valence electrons. The van der Waals surface area contributed by atoms with E-state index in [4.69, 9.17) is 0 Å². The summed E-state index contributed by atoms with van der Waals surface area (Å²) in [5.74, 6) is -0.459. The molecule has 3 heteroatoms. The summed E-state index contributed by atoms with van der Waals surface area (Å²) in [6.45, 7) is 1.97. The van der Waals surface area contributed by atoms with Gasteiger partial charge < -0.3 is 4.98 Å². The van der Waals surface area contributed by atoms with Crippen LogP contribution in [-0.2, 0) is 6.42 Å². The summed E-state index contributed by atoms with van der Waals surface area (Å²) in [5, 5.41) is 0.864. The lowest BCUT2D eigenvalue weighted by molar-refractivity contribution is 0.638. The number of H-pyrrole nitrogens is 1. The van der Waals surface area contributed by atoms with Crippen LogP contribution >= 0.6 is 0 Å². The van der Waals surface area contributed by atoms with Gasteiger partial charge in [-0.3, -0.25) is 4.79 Å². The maximum atomic E-state index is 13.3. The van der Waals surface area contributed by atoms with Crippen molar-refractivity contribution in [1.29, 1.82) is 0 Å². The molecule has 0 saturated heterocycles. The first-order chi connectivity index (χ1) is 6.74. The van der Waals surface area contributed by atoms with Gasteiger partial charge in [-0.25, -0.2) is 4.39 Å². The number of pyridine rings is 1. The molecule has 1 aromatic heterocycles. The summed E-state index contributed by atoms with van der Waals surface area (Å²) < 4.78 is 13.3. The van der Waals surface area contributed by atoms with Crippen LogP contribution in [-0.4, -0.2) is 4.98 Å². The quantitative estimate of drug-likeness (QED) is 0.736. The molecule has 0 amide bonds. The van der Waals surface area contributed by atoms with E-state index in [1.165, 1.54) is 6.07 Å². The Morgan fingerprint density at radius 3 is 2.93 bits per heavy atom. The van der Waals surface area contributed by atoms with Crippen LogP contribution in [0.25, 0.3) is 10.8 Å². The Bertz CT molecular complexity index is 530. The van der Waals surface area contributed by atoms with Crippen molar-refractivity contribution in [3.05, 3.63) is 46.1 Å². The maximum absolute atomic E-state index is 13.3. The number of fused-ring (bicyclic) bond motifs is 1. The number of aromatic nitrogens is 1. The Labute approximate surface area is 80.4 Å². The molecule has 2 aromatic rings. The van der Waals surface area contributed by atoms with Crippen molar-refractivity contribution in [2.24, 2.45) is 0 Å². The first-order valence-electron chi connectivity index (χ1n) is 4.53. The van der Waals surface area contributed by atoms with Gasteiger partial charge in [0.1, 0.15) is 5.82 Å². The topological polar surface area (TPSA) is 32.9 Å². The fourth-order valence-corrected chi connectivity index (χ4v) is 1.62. The highest BCUT2D eigenvalue weighted by molar-refractivity contribution is 5.85. The summed E-state index contributed by atoms with van der Waals surface area (Å²) >= 11 is 0. The Hall–Kier alpha value is -1.64. The van der Waals surface area contributed by atoms with Crippen LogP contribution in [0, 0.1) is 5.82 Å². The second kappa shape index (κ2) is 3.25. The standard InChI is InChI=1S/C11H10FNO/c1-2-7-6-13-11(14)10-8(7)4-3-5-9(10)12/h3-6H,2H2,1H3,(H,13,14). The number of hydrogen-bond acceptors (Lipinski definition) is 1. The molecule has 2 nitrogen and oxygen atoms in total. The van der Waals surface area contributed by atoms with Gasteiger partial charge in [0.2, 0.25) is 0 Å². The van der Waals surface area contributed by atoms with Crippen LogP contribution < -0.4 is 5.56 Å². The smallest absolute Gasteiger partial charge is 0.258 e. The molecular formula is C11H10FNO. The third kappa shape index (κ3) is 1.21. The third-order valence-corrected chi connectivity index (χ3v) is 2.35. The number of aromatic amines is 1. The fraction of sp³-hybridized carbons (Fsp3) is 0.182. The van der Waals surface area contributed by atoms with E-state index in [0.29, 0.717) is 5.39 Å². The Morgan fingerprint density at radius 2 is 2.21 bits per heavy atom. The zero-order valence-electron chi connectivity index (χ0n) is 7.80. The molecule has 0 aliphatic carbocycles. The fourth-order valence-electron chi connectivity index (χ4n) is 1.62. The third-order valence-electron chi connectivity index (χ3n) is 2.35. The van der Waals surface area contributed by atoms with Crippen LogP contribution in [0.15, 0.2) is 29.2 Å². The summed E-state index contributed by atoms with van der Waals surface area (Å²) in [5.41, 5.74) is 0.592. The van der Waals surface area contributed by atoms with E-state index in [2.05, 4.69) is 4.98 Å². The molecule has 0 saturated carbocycles. The summed E-state index contributed by atoms with van der Waals surface area (Å²) in [6.07, 6.45) is 2.42. The molecule has 0 aliphatic rings. The number of nitrogens with one attached hydrogen (secondary N) is 1. The van der Waals surface area contributed by atoms with Gasteiger partial charge in [0.05, 0.1) is 5.39 Å². The minimum absolute atomic E-state index is 0.159. The van der Waals surface area contributed by atoms with Gasteiger partial charge in [-0.15, -0.1) is 0 Å². The molecule has 0 atom stereocenters. The van der Waals surface area contributed by atoms with E-state index in [1.807, 2.05) is 6.92 Å². The number of benzene rings is 1. The van der Waals surface area contributed by atoms with Crippen LogP contribution in [0.3, 0.4) is 0 Å². The van der Waals surface area contributed by atoms with Gasteiger partial charge in [-0.1, -0.05) is 19.1 Å². The van der Waals surface area contributed by atoms with E-state index in [1.54, 1.807) is 18.3 Å². The largest absolute Gasteiger partial charge is 0.328 e. The summed E-state index contributed by atoms with van der Waals surface area (Å²) in [4.78, 5) is 13.9. The zero-order valence-corrected chi connectivity index (χ0v) is 7.80. The van der Waals surface area contributed by atoms with Crippen molar-refractivity contribution in [1.82, 2.24) is 4.98 Å². The summed E-state index contributed by atoms with van der Waals surface area (Å²) in [7, 11) is 0. The maximum Gasteiger partial charge on any atom is 0.258 e. The molecule has 14 heavy (non-hydrogen) atoms. The SMILES string of the molecule is CCc1c[nH]c(=O)c2c(F)cccc12. The van der Waals surface area contributed by atoms with Gasteiger partial charge in [0.25, 0.3) is 5.56 Å². The minimum atomic E-state index is -0.459. The average molecular weight is 191 g/mol. The zero-order chi connectivity index (χ0) is 10.1.